The van der Waals surface area contributed by atoms with Crippen LogP contribution >= 0.6 is 17.8 Å². The highest BCUT2D eigenvalue weighted by Gasteiger charge is 2.38. The summed E-state index contributed by atoms with van der Waals surface area (Å²) in [5, 5.41) is 3.73. The van der Waals surface area contributed by atoms with Gasteiger partial charge in [0.1, 0.15) is 0 Å². The molecule has 0 bridgehead atoms. The van der Waals surface area contributed by atoms with Gasteiger partial charge in [0.15, 0.2) is 0 Å². The molecule has 1 unspecified atom stereocenters. The van der Waals surface area contributed by atoms with Gasteiger partial charge in [0.2, 0.25) is 0 Å². The molecule has 7 rings (SSSR count). The molecule has 5 aromatic rings. The highest BCUT2D eigenvalue weighted by atomic mass is 32.4. The summed E-state index contributed by atoms with van der Waals surface area (Å²) in [7, 11) is 0. The second-order valence-corrected chi connectivity index (χ2v) is 15.5. The normalized spacial score (nSPS) is 18.8. The Morgan fingerprint density at radius 1 is 0.703 bits per heavy atom. The molecule has 0 saturated carbocycles. The van der Waals surface area contributed by atoms with Gasteiger partial charge in [-0.1, -0.05) is 92.0 Å². The van der Waals surface area contributed by atoms with Crippen molar-refractivity contribution in [3.8, 4) is 0 Å². The van der Waals surface area contributed by atoms with E-state index in [1.807, 2.05) is 24.2 Å². The first kappa shape index (κ1) is 23.0. The third-order valence-corrected chi connectivity index (χ3v) is 14.0. The second kappa shape index (κ2) is 8.43. The first-order valence-corrected chi connectivity index (χ1v) is 16.0. The van der Waals surface area contributed by atoms with Crippen molar-refractivity contribution in [1.29, 1.82) is 0 Å². The predicted octanol–water partition coefficient (Wildman–Crippen LogP) is 7.41. The van der Waals surface area contributed by atoms with Gasteiger partial charge < -0.3 is 4.90 Å². The van der Waals surface area contributed by atoms with E-state index < -0.39 is 6.04 Å². The van der Waals surface area contributed by atoms with E-state index in [0.29, 0.717) is 0 Å². The number of hydrogen-bond acceptors (Lipinski definition) is 4. The van der Waals surface area contributed by atoms with Crippen molar-refractivity contribution in [1.82, 2.24) is 4.98 Å². The van der Waals surface area contributed by atoms with Crippen LogP contribution in [0.3, 0.4) is 0 Å². The zero-order valence-electron chi connectivity index (χ0n) is 20.6. The van der Waals surface area contributed by atoms with E-state index in [1.165, 1.54) is 48.2 Å². The van der Waals surface area contributed by atoms with Crippen LogP contribution in [0.4, 0.5) is 17.1 Å². The van der Waals surface area contributed by atoms with Crippen molar-refractivity contribution >= 4 is 62.6 Å². The first-order chi connectivity index (χ1) is 18.0. The van der Waals surface area contributed by atoms with Gasteiger partial charge in [-0.15, -0.1) is 0 Å². The van der Waals surface area contributed by atoms with Gasteiger partial charge in [-0.2, -0.15) is 0 Å². The number of hydrogen-bond donors (Lipinski definition) is 0. The maximum Gasteiger partial charge on any atom is 0.0502 e. The maximum atomic E-state index is 6.64. The lowest BCUT2D eigenvalue weighted by Gasteiger charge is -2.42. The van der Waals surface area contributed by atoms with E-state index in [0.717, 1.165) is 5.69 Å². The van der Waals surface area contributed by atoms with E-state index in [-0.39, 0.29) is 5.41 Å². The number of nitrogens with zero attached hydrogens (tertiary/aromatic N) is 2. The molecule has 2 aliphatic heterocycles. The largest absolute Gasteiger partial charge is 0.310 e. The van der Waals surface area contributed by atoms with Crippen molar-refractivity contribution in [2.45, 2.75) is 29.1 Å². The van der Waals surface area contributed by atoms with Crippen molar-refractivity contribution in [3.63, 3.8) is 0 Å². The van der Waals surface area contributed by atoms with E-state index >= 15 is 0 Å². The fraction of sp³-hybridized carbons (Fsp3) is 0.0938. The molecular weight excluding hydrogens is 507 g/mol. The predicted molar refractivity (Wildman–Crippen MR) is 161 cm³/mol. The number of para-hydroxylation sites is 2. The third-order valence-electron chi connectivity index (χ3n) is 7.63. The topological polar surface area (TPSA) is 16.1 Å². The Kier molecular flexibility index (Phi) is 5.23. The molecular formula is C32H25N2PS2. The smallest absolute Gasteiger partial charge is 0.0502 e. The molecule has 0 radical (unpaired) electrons. The molecule has 0 N–H and O–H groups in total. The summed E-state index contributed by atoms with van der Waals surface area (Å²) >= 11 is 8.48. The van der Waals surface area contributed by atoms with Gasteiger partial charge in [-0.25, -0.2) is 0 Å². The molecule has 1 atom stereocenters. The first-order valence-electron chi connectivity index (χ1n) is 12.4. The van der Waals surface area contributed by atoms with E-state index in [1.54, 1.807) is 0 Å². The summed E-state index contributed by atoms with van der Waals surface area (Å²) in [5.41, 5.74) is 6.24. The standard InChI is InChI=1S/C32H25N2PS2/c1-32(2)24-9-3-5-11-26(24)34(27-12-6-4-10-25(27)32)22-15-16-29-31(21-22)37-30-14-8-7-13-28(30)35(29,36)23-17-19-33-20-18-23/h3-21H,1-2H3. The molecule has 4 aromatic carbocycles. The summed E-state index contributed by atoms with van der Waals surface area (Å²) < 4.78 is 0. The van der Waals surface area contributed by atoms with Crippen LogP contribution in [-0.4, -0.2) is 4.98 Å². The highest BCUT2D eigenvalue weighted by Crippen LogP contribution is 2.55. The molecule has 180 valence electrons. The van der Waals surface area contributed by atoms with Gasteiger partial charge in [0, 0.05) is 49.9 Å². The molecule has 2 aliphatic rings. The Balaban J connectivity index is 1.46. The summed E-state index contributed by atoms with van der Waals surface area (Å²) in [6.45, 7) is 4.65. The summed E-state index contributed by atoms with van der Waals surface area (Å²) in [4.78, 5) is 9.20. The molecule has 5 heteroatoms. The molecule has 2 nitrogen and oxygen atoms in total. The number of anilines is 3. The molecule has 3 heterocycles. The summed E-state index contributed by atoms with van der Waals surface area (Å²) in [5.74, 6) is 0. The lowest BCUT2D eigenvalue weighted by molar-refractivity contribution is 0.632. The molecule has 0 amide bonds. The van der Waals surface area contributed by atoms with Crippen LogP contribution in [0, 0.1) is 0 Å². The van der Waals surface area contributed by atoms with Gasteiger partial charge in [-0.05, 0) is 65.0 Å². The highest BCUT2D eigenvalue weighted by molar-refractivity contribution is 8.26. The lowest BCUT2D eigenvalue weighted by Crippen LogP contribution is -2.32. The van der Waals surface area contributed by atoms with Gasteiger partial charge in [-0.3, -0.25) is 4.98 Å². The molecule has 0 spiro atoms. The monoisotopic (exact) mass is 532 g/mol. The fourth-order valence-corrected chi connectivity index (χ4v) is 12.2. The minimum absolute atomic E-state index is 0.0752. The molecule has 0 aliphatic carbocycles. The van der Waals surface area contributed by atoms with Crippen molar-refractivity contribution in [3.05, 3.63) is 127 Å². The average molecular weight is 533 g/mol. The van der Waals surface area contributed by atoms with Crippen molar-refractivity contribution < 1.29 is 0 Å². The summed E-state index contributed by atoms with van der Waals surface area (Å²) in [6.07, 6.45) is 3.73. The molecule has 1 aromatic heterocycles. The Morgan fingerprint density at radius 2 is 1.30 bits per heavy atom. The molecule has 0 saturated heterocycles. The van der Waals surface area contributed by atoms with Crippen LogP contribution in [0.1, 0.15) is 25.0 Å². The number of pyridine rings is 1. The van der Waals surface area contributed by atoms with Gasteiger partial charge >= 0.3 is 0 Å². The minimum Gasteiger partial charge on any atom is -0.310 e. The number of aromatic nitrogens is 1. The van der Waals surface area contributed by atoms with E-state index in [4.69, 9.17) is 11.8 Å². The van der Waals surface area contributed by atoms with E-state index in [9.17, 15) is 0 Å². The third kappa shape index (κ3) is 3.33. The minimum atomic E-state index is -2.20. The lowest BCUT2D eigenvalue weighted by atomic mass is 9.73. The quantitative estimate of drug-likeness (QED) is 0.216. The van der Waals surface area contributed by atoms with Crippen molar-refractivity contribution in [2.24, 2.45) is 0 Å². The zero-order chi connectivity index (χ0) is 25.2. The molecule has 37 heavy (non-hydrogen) atoms. The summed E-state index contributed by atoms with van der Waals surface area (Å²) in [6, 6.07) is 35.2. The van der Waals surface area contributed by atoms with Crippen LogP contribution < -0.4 is 20.8 Å². The molecule has 0 fully saturated rings. The number of fused-ring (bicyclic) bond motifs is 4. The van der Waals surface area contributed by atoms with Crippen LogP contribution in [0.25, 0.3) is 0 Å². The Bertz CT molecular complexity index is 1680. The Morgan fingerprint density at radius 3 is 2.00 bits per heavy atom. The van der Waals surface area contributed by atoms with Crippen molar-refractivity contribution in [2.75, 3.05) is 4.90 Å². The Hall–Kier alpha value is -3.17. The van der Waals surface area contributed by atoms with Gasteiger partial charge in [0.05, 0.1) is 11.4 Å². The van der Waals surface area contributed by atoms with Crippen LogP contribution in [-0.2, 0) is 17.2 Å². The van der Waals surface area contributed by atoms with Crippen LogP contribution in [0.15, 0.2) is 125 Å². The second-order valence-electron chi connectivity index (χ2n) is 10.0. The van der Waals surface area contributed by atoms with Crippen LogP contribution in [0.5, 0.6) is 0 Å². The van der Waals surface area contributed by atoms with Crippen LogP contribution in [0.2, 0.25) is 0 Å². The maximum absolute atomic E-state index is 6.64. The number of rotatable bonds is 2. The van der Waals surface area contributed by atoms with E-state index in [2.05, 4.69) is 127 Å². The average Bonchev–Trinajstić information content (AvgIpc) is 2.94. The number of benzene rings is 4. The Labute approximate surface area is 227 Å². The zero-order valence-corrected chi connectivity index (χ0v) is 23.2. The SMILES string of the molecule is CC1(C)c2ccccc2N(c2ccc3c(c2)Sc2ccccc2P3(=S)c2ccncc2)c2ccccc21. The fourth-order valence-electron chi connectivity index (χ4n) is 5.82. The van der Waals surface area contributed by atoms with Gasteiger partial charge in [0.25, 0.3) is 0 Å².